The van der Waals surface area contributed by atoms with Crippen LogP contribution in [0.2, 0.25) is 0 Å². The minimum absolute atomic E-state index is 0.263. The molecule has 0 aliphatic heterocycles. The summed E-state index contributed by atoms with van der Waals surface area (Å²) in [5.74, 6) is -1.81. The molecular weight excluding hydrogens is 190 g/mol. The highest BCUT2D eigenvalue weighted by Gasteiger charge is 2.17. The Hall–Kier alpha value is -1.79. The van der Waals surface area contributed by atoms with Crippen LogP contribution in [0.1, 0.15) is 13.3 Å². The van der Waals surface area contributed by atoms with Gasteiger partial charge in [-0.2, -0.15) is 0 Å². The summed E-state index contributed by atoms with van der Waals surface area (Å²) in [6.07, 6.45) is 0.263. The van der Waals surface area contributed by atoms with Gasteiger partial charge in [0.25, 0.3) is 0 Å². The Morgan fingerprint density at radius 3 is 2.36 bits per heavy atom. The number of hydrogen-bond acceptors (Lipinski definition) is 3. The van der Waals surface area contributed by atoms with Crippen molar-refractivity contribution < 1.29 is 19.5 Å². The number of nitrogens with two attached hydrogens (primary N) is 1. The molecule has 0 aromatic rings. The number of carbonyl (C=O) groups excluding carboxylic acids is 2. The van der Waals surface area contributed by atoms with Crippen molar-refractivity contribution in [2.45, 2.75) is 19.4 Å². The molecule has 5 N–H and O–H groups in total. The van der Waals surface area contributed by atoms with Crippen LogP contribution < -0.4 is 16.4 Å². The number of carboxylic acids is 1. The molecule has 80 valence electrons. The number of rotatable bonds is 5. The summed E-state index contributed by atoms with van der Waals surface area (Å²) >= 11 is 0. The van der Waals surface area contributed by atoms with Gasteiger partial charge in [0.15, 0.2) is 0 Å². The number of carbonyl (C=O) groups is 3. The van der Waals surface area contributed by atoms with Crippen molar-refractivity contribution in [2.24, 2.45) is 5.73 Å². The summed E-state index contributed by atoms with van der Waals surface area (Å²) in [6.45, 7) is 1.30. The molecule has 14 heavy (non-hydrogen) atoms. The SMILES string of the molecule is CC[C@H](NC(=O)NCC(N)=O)C(=O)O. The molecule has 0 rings (SSSR count). The zero-order chi connectivity index (χ0) is 11.1. The molecule has 0 aliphatic carbocycles. The first-order valence-corrected chi connectivity index (χ1v) is 4.02. The lowest BCUT2D eigenvalue weighted by atomic mass is 10.2. The van der Waals surface area contributed by atoms with E-state index in [1.165, 1.54) is 0 Å². The van der Waals surface area contributed by atoms with Crippen molar-refractivity contribution in [1.82, 2.24) is 10.6 Å². The van der Waals surface area contributed by atoms with Gasteiger partial charge in [0.05, 0.1) is 6.54 Å². The number of carboxylic acid groups (broad SMARTS) is 1. The van der Waals surface area contributed by atoms with Gasteiger partial charge in [-0.3, -0.25) is 4.79 Å². The average Bonchev–Trinajstić information content (AvgIpc) is 2.10. The van der Waals surface area contributed by atoms with Gasteiger partial charge in [-0.1, -0.05) is 6.92 Å². The van der Waals surface area contributed by atoms with E-state index in [2.05, 4.69) is 10.6 Å². The topological polar surface area (TPSA) is 122 Å². The third kappa shape index (κ3) is 4.96. The molecule has 0 heterocycles. The second-order valence-corrected chi connectivity index (χ2v) is 2.59. The van der Waals surface area contributed by atoms with Crippen LogP contribution in [-0.4, -0.2) is 35.6 Å². The predicted octanol–water partition coefficient (Wildman–Crippen LogP) is -1.37. The molecule has 0 bridgehead atoms. The fourth-order valence-electron chi connectivity index (χ4n) is 0.715. The molecule has 3 amide bonds. The fourth-order valence-corrected chi connectivity index (χ4v) is 0.715. The van der Waals surface area contributed by atoms with E-state index in [0.29, 0.717) is 0 Å². The van der Waals surface area contributed by atoms with Gasteiger partial charge in [0, 0.05) is 0 Å². The summed E-state index contributed by atoms with van der Waals surface area (Å²) < 4.78 is 0. The summed E-state index contributed by atoms with van der Waals surface area (Å²) in [5.41, 5.74) is 4.77. The van der Waals surface area contributed by atoms with E-state index in [1.54, 1.807) is 6.92 Å². The van der Waals surface area contributed by atoms with Crippen LogP contribution in [0.25, 0.3) is 0 Å². The van der Waals surface area contributed by atoms with Gasteiger partial charge in [-0.05, 0) is 6.42 Å². The average molecular weight is 203 g/mol. The predicted molar refractivity (Wildman–Crippen MR) is 47.4 cm³/mol. The van der Waals surface area contributed by atoms with E-state index < -0.39 is 23.9 Å². The molecule has 0 saturated carbocycles. The van der Waals surface area contributed by atoms with Crippen molar-refractivity contribution in [1.29, 1.82) is 0 Å². The number of primary amides is 1. The van der Waals surface area contributed by atoms with E-state index in [9.17, 15) is 14.4 Å². The zero-order valence-corrected chi connectivity index (χ0v) is 7.74. The summed E-state index contributed by atoms with van der Waals surface area (Å²) in [5, 5.41) is 12.8. The van der Waals surface area contributed by atoms with Gasteiger partial charge < -0.3 is 21.5 Å². The molecule has 0 fully saturated rings. The Bertz CT molecular complexity index is 241. The van der Waals surface area contributed by atoms with E-state index in [1.807, 2.05) is 0 Å². The third-order valence-electron chi connectivity index (χ3n) is 1.43. The number of aliphatic carboxylic acids is 1. The molecule has 0 radical (unpaired) electrons. The second-order valence-electron chi connectivity index (χ2n) is 2.59. The van der Waals surface area contributed by atoms with Crippen LogP contribution >= 0.6 is 0 Å². The molecule has 0 unspecified atom stereocenters. The third-order valence-corrected chi connectivity index (χ3v) is 1.43. The first-order valence-electron chi connectivity index (χ1n) is 4.02. The number of amides is 3. The molecule has 1 atom stereocenters. The van der Waals surface area contributed by atoms with Crippen LogP contribution in [0.5, 0.6) is 0 Å². The fraction of sp³-hybridized carbons (Fsp3) is 0.571. The van der Waals surface area contributed by atoms with E-state index in [0.717, 1.165) is 0 Å². The highest BCUT2D eigenvalue weighted by atomic mass is 16.4. The molecule has 0 aromatic carbocycles. The first kappa shape index (κ1) is 12.2. The van der Waals surface area contributed by atoms with Gasteiger partial charge in [0.2, 0.25) is 5.91 Å². The largest absolute Gasteiger partial charge is 0.480 e. The van der Waals surface area contributed by atoms with Crippen LogP contribution in [0.3, 0.4) is 0 Å². The first-order chi connectivity index (χ1) is 6.47. The molecule has 0 aromatic heterocycles. The lowest BCUT2D eigenvalue weighted by Gasteiger charge is -2.12. The second kappa shape index (κ2) is 5.79. The van der Waals surface area contributed by atoms with Crippen LogP contribution in [-0.2, 0) is 9.59 Å². The summed E-state index contributed by atoms with van der Waals surface area (Å²) in [6, 6.07) is -1.68. The monoisotopic (exact) mass is 203 g/mol. The quantitative estimate of drug-likeness (QED) is 0.440. The van der Waals surface area contributed by atoms with E-state index >= 15 is 0 Å². The normalized spacial score (nSPS) is 11.5. The van der Waals surface area contributed by atoms with Gasteiger partial charge in [0.1, 0.15) is 6.04 Å². The maximum Gasteiger partial charge on any atom is 0.326 e. The highest BCUT2D eigenvalue weighted by molar-refractivity contribution is 5.85. The summed E-state index contributed by atoms with van der Waals surface area (Å²) in [7, 11) is 0. The molecule has 0 aliphatic rings. The Kier molecular flexibility index (Phi) is 5.05. The maximum atomic E-state index is 10.9. The Morgan fingerprint density at radius 2 is 2.00 bits per heavy atom. The lowest BCUT2D eigenvalue weighted by molar-refractivity contribution is -0.139. The van der Waals surface area contributed by atoms with Crippen molar-refractivity contribution in [3.8, 4) is 0 Å². The highest BCUT2D eigenvalue weighted by Crippen LogP contribution is 1.89. The Balaban J connectivity index is 3.91. The lowest BCUT2D eigenvalue weighted by Crippen LogP contribution is -2.47. The van der Waals surface area contributed by atoms with Gasteiger partial charge in [-0.25, -0.2) is 9.59 Å². The summed E-state index contributed by atoms with van der Waals surface area (Å²) in [4.78, 5) is 31.7. The zero-order valence-electron chi connectivity index (χ0n) is 7.74. The molecule has 0 saturated heterocycles. The number of hydrogen-bond donors (Lipinski definition) is 4. The number of urea groups is 1. The maximum absolute atomic E-state index is 10.9. The number of nitrogens with one attached hydrogen (secondary N) is 2. The van der Waals surface area contributed by atoms with Crippen molar-refractivity contribution in [3.63, 3.8) is 0 Å². The van der Waals surface area contributed by atoms with Gasteiger partial charge >= 0.3 is 12.0 Å². The van der Waals surface area contributed by atoms with E-state index in [4.69, 9.17) is 10.8 Å². The minimum Gasteiger partial charge on any atom is -0.480 e. The molecule has 7 heteroatoms. The molecule has 7 nitrogen and oxygen atoms in total. The Labute approximate surface area is 80.6 Å². The van der Waals surface area contributed by atoms with Crippen LogP contribution in [0, 0.1) is 0 Å². The van der Waals surface area contributed by atoms with E-state index in [-0.39, 0.29) is 13.0 Å². The molecular formula is C7H13N3O4. The standard InChI is InChI=1S/C7H13N3O4/c1-2-4(6(12)13)10-7(14)9-3-5(8)11/h4H,2-3H2,1H3,(H2,8,11)(H,12,13)(H2,9,10,14)/t4-/m0/s1. The van der Waals surface area contributed by atoms with Crippen molar-refractivity contribution in [2.75, 3.05) is 6.54 Å². The smallest absolute Gasteiger partial charge is 0.326 e. The minimum atomic E-state index is -1.12. The molecule has 0 spiro atoms. The van der Waals surface area contributed by atoms with Crippen molar-refractivity contribution >= 4 is 17.9 Å². The van der Waals surface area contributed by atoms with Crippen LogP contribution in [0.4, 0.5) is 4.79 Å². The van der Waals surface area contributed by atoms with Crippen molar-refractivity contribution in [3.05, 3.63) is 0 Å². The van der Waals surface area contributed by atoms with Crippen LogP contribution in [0.15, 0.2) is 0 Å². The van der Waals surface area contributed by atoms with Gasteiger partial charge in [-0.15, -0.1) is 0 Å². The Morgan fingerprint density at radius 1 is 1.43 bits per heavy atom.